The van der Waals surface area contributed by atoms with E-state index in [1.165, 1.54) is 12.1 Å². The molecule has 1 fully saturated rings. The van der Waals surface area contributed by atoms with Crippen molar-refractivity contribution in [3.63, 3.8) is 0 Å². The molecule has 0 aromatic heterocycles. The van der Waals surface area contributed by atoms with Gasteiger partial charge in [-0.05, 0) is 66.2 Å². The number of halogens is 3. The van der Waals surface area contributed by atoms with Crippen molar-refractivity contribution in [2.24, 2.45) is 0 Å². The first-order valence-corrected chi connectivity index (χ1v) is 10.6. The minimum Gasteiger partial charge on any atom is -0.508 e. The molecule has 1 N–H and O–H groups in total. The Labute approximate surface area is 186 Å². The summed E-state index contributed by atoms with van der Waals surface area (Å²) in [6.07, 6.45) is -4.31. The number of benzene rings is 3. The van der Waals surface area contributed by atoms with E-state index in [-0.39, 0.29) is 5.75 Å². The molecule has 168 valence electrons. The fourth-order valence-corrected chi connectivity index (χ4v) is 3.97. The fraction of sp³-hybridized carbons (Fsp3) is 0.280. The number of aromatic hydroxyl groups is 1. The van der Waals surface area contributed by atoms with E-state index in [1.54, 1.807) is 12.1 Å². The first kappa shape index (κ1) is 21.9. The standard InChI is InChI=1S/C25H26F3N3O/c1-29(18-19-2-4-20(5-3-19)25(26,27)28)21-6-8-22(9-7-21)30-14-16-31(17-15-30)23-10-12-24(32)13-11-23/h2-13,32H,14-18H2,1H3. The smallest absolute Gasteiger partial charge is 0.416 e. The third-order valence-electron chi connectivity index (χ3n) is 5.85. The number of piperazine rings is 1. The largest absolute Gasteiger partial charge is 0.508 e. The molecule has 1 heterocycles. The Morgan fingerprint density at radius 3 is 1.69 bits per heavy atom. The van der Waals surface area contributed by atoms with Gasteiger partial charge in [0.05, 0.1) is 5.56 Å². The van der Waals surface area contributed by atoms with E-state index in [4.69, 9.17) is 0 Å². The first-order valence-electron chi connectivity index (χ1n) is 10.6. The summed E-state index contributed by atoms with van der Waals surface area (Å²) < 4.78 is 38.2. The Morgan fingerprint density at radius 2 is 1.22 bits per heavy atom. The molecule has 3 aromatic rings. The van der Waals surface area contributed by atoms with Gasteiger partial charge in [0.15, 0.2) is 0 Å². The summed E-state index contributed by atoms with van der Waals surface area (Å²) in [6, 6.07) is 20.9. The number of nitrogens with zero attached hydrogens (tertiary/aromatic N) is 3. The fourth-order valence-electron chi connectivity index (χ4n) is 3.97. The van der Waals surface area contributed by atoms with Crippen LogP contribution in [-0.4, -0.2) is 38.3 Å². The van der Waals surface area contributed by atoms with E-state index in [0.29, 0.717) is 6.54 Å². The molecular weight excluding hydrogens is 415 g/mol. The quantitative estimate of drug-likeness (QED) is 0.576. The summed E-state index contributed by atoms with van der Waals surface area (Å²) >= 11 is 0. The van der Waals surface area contributed by atoms with Gasteiger partial charge in [-0.2, -0.15) is 13.2 Å². The second-order valence-corrected chi connectivity index (χ2v) is 8.06. The number of hydrogen-bond donors (Lipinski definition) is 1. The maximum atomic E-state index is 12.7. The van der Waals surface area contributed by atoms with E-state index in [0.717, 1.165) is 60.9 Å². The lowest BCUT2D eigenvalue weighted by Crippen LogP contribution is -2.46. The van der Waals surface area contributed by atoms with Crippen LogP contribution >= 0.6 is 0 Å². The van der Waals surface area contributed by atoms with Gasteiger partial charge in [-0.25, -0.2) is 0 Å². The molecule has 7 heteroatoms. The number of anilines is 3. The zero-order valence-electron chi connectivity index (χ0n) is 17.9. The normalized spacial score (nSPS) is 14.5. The topological polar surface area (TPSA) is 30.0 Å². The van der Waals surface area contributed by atoms with Crippen molar-refractivity contribution < 1.29 is 18.3 Å². The summed E-state index contributed by atoms with van der Waals surface area (Å²) in [5, 5.41) is 9.46. The minimum absolute atomic E-state index is 0.274. The highest BCUT2D eigenvalue weighted by molar-refractivity contribution is 5.58. The van der Waals surface area contributed by atoms with Crippen LogP contribution in [0.4, 0.5) is 30.2 Å². The van der Waals surface area contributed by atoms with Crippen LogP contribution < -0.4 is 14.7 Å². The molecule has 4 rings (SSSR count). The molecule has 0 radical (unpaired) electrons. The van der Waals surface area contributed by atoms with Crippen molar-refractivity contribution in [1.29, 1.82) is 0 Å². The van der Waals surface area contributed by atoms with Gasteiger partial charge in [-0.1, -0.05) is 12.1 Å². The highest BCUT2D eigenvalue weighted by Gasteiger charge is 2.29. The molecule has 0 atom stereocenters. The Bertz CT molecular complexity index is 1010. The number of phenolic OH excluding ortho intramolecular Hbond substituents is 1. The molecule has 4 nitrogen and oxygen atoms in total. The summed E-state index contributed by atoms with van der Waals surface area (Å²) in [7, 11) is 1.93. The van der Waals surface area contributed by atoms with Crippen molar-refractivity contribution in [3.05, 3.63) is 83.9 Å². The molecule has 0 unspecified atom stereocenters. The minimum atomic E-state index is -4.31. The van der Waals surface area contributed by atoms with Gasteiger partial charge >= 0.3 is 6.18 Å². The molecule has 0 bridgehead atoms. The van der Waals surface area contributed by atoms with E-state index in [2.05, 4.69) is 21.9 Å². The second-order valence-electron chi connectivity index (χ2n) is 8.06. The van der Waals surface area contributed by atoms with Crippen LogP contribution in [0.2, 0.25) is 0 Å². The van der Waals surface area contributed by atoms with Crippen LogP contribution in [0.1, 0.15) is 11.1 Å². The van der Waals surface area contributed by atoms with Crippen molar-refractivity contribution in [1.82, 2.24) is 0 Å². The van der Waals surface area contributed by atoms with E-state index >= 15 is 0 Å². The average molecular weight is 441 g/mol. The monoisotopic (exact) mass is 441 g/mol. The molecule has 1 saturated heterocycles. The van der Waals surface area contributed by atoms with Gasteiger partial charge in [-0.15, -0.1) is 0 Å². The van der Waals surface area contributed by atoms with Crippen LogP contribution in [0.25, 0.3) is 0 Å². The third kappa shape index (κ3) is 5.10. The Kier molecular flexibility index (Phi) is 6.17. The van der Waals surface area contributed by atoms with Crippen molar-refractivity contribution in [2.45, 2.75) is 12.7 Å². The Balaban J connectivity index is 1.33. The summed E-state index contributed by atoms with van der Waals surface area (Å²) in [5.74, 6) is 0.274. The molecule has 1 aliphatic heterocycles. The van der Waals surface area contributed by atoms with Gasteiger partial charge in [0.2, 0.25) is 0 Å². The predicted molar refractivity (Wildman–Crippen MR) is 123 cm³/mol. The van der Waals surface area contributed by atoms with Crippen LogP contribution in [0.15, 0.2) is 72.8 Å². The first-order chi connectivity index (χ1) is 15.3. The number of phenols is 1. The van der Waals surface area contributed by atoms with Crippen LogP contribution in [0, 0.1) is 0 Å². The van der Waals surface area contributed by atoms with Crippen molar-refractivity contribution >= 4 is 17.1 Å². The molecule has 0 amide bonds. The number of hydrogen-bond acceptors (Lipinski definition) is 4. The number of rotatable bonds is 5. The van der Waals surface area contributed by atoms with Gasteiger partial charge in [0, 0.05) is 56.8 Å². The lowest BCUT2D eigenvalue weighted by atomic mass is 10.1. The van der Waals surface area contributed by atoms with Gasteiger partial charge in [0.25, 0.3) is 0 Å². The van der Waals surface area contributed by atoms with Crippen LogP contribution in [0.5, 0.6) is 5.75 Å². The molecule has 0 saturated carbocycles. The van der Waals surface area contributed by atoms with Crippen LogP contribution in [0.3, 0.4) is 0 Å². The van der Waals surface area contributed by atoms with Crippen molar-refractivity contribution in [3.8, 4) is 5.75 Å². The zero-order chi connectivity index (χ0) is 22.7. The maximum absolute atomic E-state index is 12.7. The second kappa shape index (κ2) is 9.02. The average Bonchev–Trinajstić information content (AvgIpc) is 2.80. The van der Waals surface area contributed by atoms with Gasteiger partial charge in [0.1, 0.15) is 5.75 Å². The molecule has 32 heavy (non-hydrogen) atoms. The van der Waals surface area contributed by atoms with E-state index in [9.17, 15) is 18.3 Å². The highest BCUT2D eigenvalue weighted by atomic mass is 19.4. The molecule has 0 spiro atoms. The van der Waals surface area contributed by atoms with Crippen LogP contribution in [-0.2, 0) is 12.7 Å². The Morgan fingerprint density at radius 1 is 0.750 bits per heavy atom. The lowest BCUT2D eigenvalue weighted by Gasteiger charge is -2.37. The van der Waals surface area contributed by atoms with Gasteiger partial charge in [-0.3, -0.25) is 0 Å². The Hall–Kier alpha value is -3.35. The summed E-state index contributed by atoms with van der Waals surface area (Å²) in [4.78, 5) is 6.67. The van der Waals surface area contributed by atoms with Crippen molar-refractivity contribution in [2.75, 3.05) is 47.9 Å². The summed E-state index contributed by atoms with van der Waals surface area (Å²) in [6.45, 7) is 4.15. The third-order valence-corrected chi connectivity index (χ3v) is 5.85. The lowest BCUT2D eigenvalue weighted by molar-refractivity contribution is -0.137. The molecule has 1 aliphatic rings. The molecule has 3 aromatic carbocycles. The predicted octanol–water partition coefficient (Wildman–Crippen LogP) is 5.37. The summed E-state index contributed by atoms with van der Waals surface area (Å²) in [5.41, 5.74) is 3.48. The molecule has 0 aliphatic carbocycles. The molecular formula is C25H26F3N3O. The zero-order valence-corrected chi connectivity index (χ0v) is 17.9. The maximum Gasteiger partial charge on any atom is 0.416 e. The van der Waals surface area contributed by atoms with Gasteiger partial charge < -0.3 is 19.8 Å². The van der Waals surface area contributed by atoms with E-state index < -0.39 is 11.7 Å². The highest BCUT2D eigenvalue weighted by Crippen LogP contribution is 2.30. The number of alkyl halides is 3. The SMILES string of the molecule is CN(Cc1ccc(C(F)(F)F)cc1)c1ccc(N2CCN(c3ccc(O)cc3)CC2)cc1. The van der Waals surface area contributed by atoms with E-state index in [1.807, 2.05) is 36.2 Å².